The molecule has 1 heterocycles. The van der Waals surface area contributed by atoms with E-state index in [-0.39, 0.29) is 0 Å². The summed E-state index contributed by atoms with van der Waals surface area (Å²) in [7, 11) is 0. The van der Waals surface area contributed by atoms with Gasteiger partial charge in [0, 0.05) is 6.54 Å². The maximum Gasteiger partial charge on any atom is 0.0574 e. The lowest BCUT2D eigenvalue weighted by atomic mass is 10.2. The van der Waals surface area contributed by atoms with Crippen molar-refractivity contribution in [3.05, 3.63) is 41.8 Å². The number of nitrogens with one attached hydrogen (secondary N) is 1. The third kappa shape index (κ3) is 1.80. The first-order chi connectivity index (χ1) is 6.77. The molecular formula is C12H13NS. The highest BCUT2D eigenvalue weighted by Crippen LogP contribution is 2.28. The minimum Gasteiger partial charge on any atom is -0.380 e. The van der Waals surface area contributed by atoms with Crippen molar-refractivity contribution < 1.29 is 0 Å². The SMILES string of the molecule is C=C(C)CNc1cccc2ccsc12. The highest BCUT2D eigenvalue weighted by Gasteiger charge is 2.00. The number of hydrogen-bond acceptors (Lipinski definition) is 2. The van der Waals surface area contributed by atoms with Crippen LogP contribution in [0.4, 0.5) is 5.69 Å². The first-order valence-electron chi connectivity index (χ1n) is 4.62. The van der Waals surface area contributed by atoms with Crippen LogP contribution in [0.2, 0.25) is 0 Å². The Morgan fingerprint density at radius 1 is 1.43 bits per heavy atom. The minimum absolute atomic E-state index is 0.844. The molecule has 0 aliphatic heterocycles. The lowest BCUT2D eigenvalue weighted by molar-refractivity contribution is 1.22. The normalized spacial score (nSPS) is 10.4. The van der Waals surface area contributed by atoms with E-state index in [9.17, 15) is 0 Å². The van der Waals surface area contributed by atoms with Crippen LogP contribution < -0.4 is 5.32 Å². The van der Waals surface area contributed by atoms with Crippen molar-refractivity contribution in [2.24, 2.45) is 0 Å². The van der Waals surface area contributed by atoms with Gasteiger partial charge in [-0.15, -0.1) is 11.3 Å². The van der Waals surface area contributed by atoms with Gasteiger partial charge in [0.15, 0.2) is 0 Å². The molecule has 0 amide bonds. The lowest BCUT2D eigenvalue weighted by Crippen LogP contribution is -2.01. The molecule has 0 saturated heterocycles. The van der Waals surface area contributed by atoms with Crippen molar-refractivity contribution >= 4 is 27.1 Å². The van der Waals surface area contributed by atoms with Crippen molar-refractivity contribution in [3.63, 3.8) is 0 Å². The fourth-order valence-electron chi connectivity index (χ4n) is 1.38. The molecule has 0 unspecified atom stereocenters. The summed E-state index contributed by atoms with van der Waals surface area (Å²) >= 11 is 1.77. The van der Waals surface area contributed by atoms with Gasteiger partial charge in [-0.25, -0.2) is 0 Å². The van der Waals surface area contributed by atoms with Crippen LogP contribution in [0.15, 0.2) is 41.8 Å². The number of benzene rings is 1. The van der Waals surface area contributed by atoms with E-state index in [1.807, 2.05) is 6.92 Å². The number of anilines is 1. The van der Waals surface area contributed by atoms with Gasteiger partial charge >= 0.3 is 0 Å². The van der Waals surface area contributed by atoms with Crippen molar-refractivity contribution in [3.8, 4) is 0 Å². The molecule has 0 aliphatic rings. The van der Waals surface area contributed by atoms with Gasteiger partial charge in [-0.2, -0.15) is 0 Å². The second-order valence-corrected chi connectivity index (χ2v) is 4.37. The Morgan fingerprint density at radius 3 is 3.07 bits per heavy atom. The van der Waals surface area contributed by atoms with E-state index in [0.29, 0.717) is 0 Å². The lowest BCUT2D eigenvalue weighted by Gasteiger charge is -2.06. The Morgan fingerprint density at radius 2 is 2.29 bits per heavy atom. The zero-order valence-corrected chi connectivity index (χ0v) is 9.03. The average molecular weight is 203 g/mol. The Balaban J connectivity index is 2.32. The van der Waals surface area contributed by atoms with Crippen molar-refractivity contribution in [2.45, 2.75) is 6.92 Å². The van der Waals surface area contributed by atoms with Crippen LogP contribution in [0.25, 0.3) is 10.1 Å². The summed E-state index contributed by atoms with van der Waals surface area (Å²) in [5.41, 5.74) is 2.36. The van der Waals surface area contributed by atoms with Crippen LogP contribution in [0.1, 0.15) is 6.92 Å². The van der Waals surface area contributed by atoms with E-state index in [2.05, 4.69) is 41.5 Å². The quantitative estimate of drug-likeness (QED) is 0.746. The van der Waals surface area contributed by atoms with Gasteiger partial charge in [-0.1, -0.05) is 24.3 Å². The van der Waals surface area contributed by atoms with Gasteiger partial charge < -0.3 is 5.32 Å². The second-order valence-electron chi connectivity index (χ2n) is 3.46. The molecule has 1 aromatic carbocycles. The van der Waals surface area contributed by atoms with E-state index in [0.717, 1.165) is 12.1 Å². The summed E-state index contributed by atoms with van der Waals surface area (Å²) in [5, 5.41) is 6.81. The molecule has 2 heteroatoms. The molecule has 0 radical (unpaired) electrons. The van der Waals surface area contributed by atoms with Crippen molar-refractivity contribution in [1.82, 2.24) is 0 Å². The van der Waals surface area contributed by atoms with Crippen LogP contribution >= 0.6 is 11.3 Å². The molecule has 2 rings (SSSR count). The zero-order valence-electron chi connectivity index (χ0n) is 8.21. The predicted molar refractivity (Wildman–Crippen MR) is 65.1 cm³/mol. The second kappa shape index (κ2) is 3.84. The summed E-state index contributed by atoms with van der Waals surface area (Å²) in [6.45, 7) is 6.75. The topological polar surface area (TPSA) is 12.0 Å². The highest BCUT2D eigenvalue weighted by molar-refractivity contribution is 7.17. The number of hydrogen-bond donors (Lipinski definition) is 1. The van der Waals surface area contributed by atoms with Crippen LogP contribution in [-0.2, 0) is 0 Å². The van der Waals surface area contributed by atoms with Gasteiger partial charge in [0.05, 0.1) is 10.4 Å². The summed E-state index contributed by atoms with van der Waals surface area (Å²) in [6.07, 6.45) is 0. The van der Waals surface area contributed by atoms with Gasteiger partial charge in [-0.05, 0) is 29.8 Å². The Bertz CT molecular complexity index is 456. The third-order valence-corrected chi connectivity index (χ3v) is 3.02. The number of thiophene rings is 1. The summed E-state index contributed by atoms with van der Waals surface area (Å²) in [5.74, 6) is 0. The summed E-state index contributed by atoms with van der Waals surface area (Å²) in [6, 6.07) is 8.47. The molecule has 0 spiro atoms. The van der Waals surface area contributed by atoms with Crippen molar-refractivity contribution in [1.29, 1.82) is 0 Å². The monoisotopic (exact) mass is 203 g/mol. The van der Waals surface area contributed by atoms with Crippen LogP contribution in [0, 0.1) is 0 Å². The number of rotatable bonds is 3. The largest absolute Gasteiger partial charge is 0.380 e. The molecule has 0 atom stereocenters. The summed E-state index contributed by atoms with van der Waals surface area (Å²) in [4.78, 5) is 0. The van der Waals surface area contributed by atoms with Gasteiger partial charge in [0.2, 0.25) is 0 Å². The molecule has 0 bridgehead atoms. The molecule has 1 aromatic heterocycles. The Kier molecular flexibility index (Phi) is 2.55. The highest BCUT2D eigenvalue weighted by atomic mass is 32.1. The molecule has 0 aliphatic carbocycles. The van der Waals surface area contributed by atoms with Crippen LogP contribution in [-0.4, -0.2) is 6.54 Å². The van der Waals surface area contributed by atoms with E-state index in [1.165, 1.54) is 15.8 Å². The zero-order chi connectivity index (χ0) is 9.97. The maximum absolute atomic E-state index is 3.88. The van der Waals surface area contributed by atoms with Crippen molar-refractivity contribution in [2.75, 3.05) is 11.9 Å². The smallest absolute Gasteiger partial charge is 0.0574 e. The predicted octanol–water partition coefficient (Wildman–Crippen LogP) is 3.89. The molecule has 1 N–H and O–H groups in total. The number of fused-ring (bicyclic) bond motifs is 1. The molecule has 0 fully saturated rings. The van der Waals surface area contributed by atoms with Gasteiger partial charge in [0.1, 0.15) is 0 Å². The van der Waals surface area contributed by atoms with Crippen LogP contribution in [0.5, 0.6) is 0 Å². The third-order valence-electron chi connectivity index (χ3n) is 2.06. The van der Waals surface area contributed by atoms with E-state index in [4.69, 9.17) is 0 Å². The average Bonchev–Trinajstić information content (AvgIpc) is 2.62. The van der Waals surface area contributed by atoms with E-state index >= 15 is 0 Å². The van der Waals surface area contributed by atoms with E-state index in [1.54, 1.807) is 11.3 Å². The van der Waals surface area contributed by atoms with E-state index < -0.39 is 0 Å². The standard InChI is InChI=1S/C12H13NS/c1-9(2)8-13-11-5-3-4-10-6-7-14-12(10)11/h3-7,13H,1,8H2,2H3. The fourth-order valence-corrected chi connectivity index (χ4v) is 2.27. The molecule has 72 valence electrons. The van der Waals surface area contributed by atoms with Gasteiger partial charge in [-0.3, -0.25) is 0 Å². The first kappa shape index (κ1) is 9.28. The molecular weight excluding hydrogens is 190 g/mol. The Hall–Kier alpha value is -1.28. The van der Waals surface area contributed by atoms with Gasteiger partial charge in [0.25, 0.3) is 0 Å². The molecule has 14 heavy (non-hydrogen) atoms. The minimum atomic E-state index is 0.844. The maximum atomic E-state index is 3.88. The summed E-state index contributed by atoms with van der Waals surface area (Å²) < 4.78 is 1.33. The Labute approximate surface area is 88.1 Å². The first-order valence-corrected chi connectivity index (χ1v) is 5.50. The van der Waals surface area contributed by atoms with Crippen LogP contribution in [0.3, 0.4) is 0 Å². The molecule has 1 nitrogen and oxygen atoms in total. The molecule has 0 saturated carbocycles. The molecule has 2 aromatic rings. The fraction of sp³-hybridized carbons (Fsp3) is 0.167.